The van der Waals surface area contributed by atoms with E-state index in [9.17, 15) is 9.59 Å². The third kappa shape index (κ3) is 4.61. The third-order valence-corrected chi connectivity index (χ3v) is 2.16. The largest absolute Gasteiger partial charge is 0.461 e. The van der Waals surface area contributed by atoms with Gasteiger partial charge in [0.25, 0.3) is 0 Å². The molecule has 0 aromatic carbocycles. The Morgan fingerprint density at radius 1 is 1.17 bits per heavy atom. The Hall–Kier alpha value is -1.78. The molecule has 0 atom stereocenters. The van der Waals surface area contributed by atoms with Crippen LogP contribution in [0, 0.1) is 0 Å². The van der Waals surface area contributed by atoms with Crippen molar-refractivity contribution in [2.45, 2.75) is 45.8 Å². The van der Waals surface area contributed by atoms with E-state index in [1.807, 2.05) is 13.8 Å². The summed E-state index contributed by atoms with van der Waals surface area (Å²) in [5.74, 6) is -0.518. The first-order valence-corrected chi connectivity index (χ1v) is 6.09. The molecule has 0 bridgehead atoms. The number of hydrogen-bond donors (Lipinski definition) is 0. The SMILES string of the molecule is CCCC(=O)OC(OC(=O)CCC)c1ccco1. The number of carbonyl (C=O) groups is 2. The summed E-state index contributed by atoms with van der Waals surface area (Å²) < 4.78 is 15.3. The minimum absolute atomic E-state index is 0.280. The topological polar surface area (TPSA) is 65.7 Å². The van der Waals surface area contributed by atoms with Crippen molar-refractivity contribution in [3.05, 3.63) is 24.2 Å². The van der Waals surface area contributed by atoms with Crippen LogP contribution in [-0.4, -0.2) is 11.9 Å². The van der Waals surface area contributed by atoms with E-state index in [1.54, 1.807) is 12.1 Å². The van der Waals surface area contributed by atoms with Crippen LogP contribution in [0.15, 0.2) is 22.8 Å². The number of carbonyl (C=O) groups excluding carboxylic acids is 2. The zero-order valence-electron chi connectivity index (χ0n) is 10.7. The summed E-state index contributed by atoms with van der Waals surface area (Å²) in [6.07, 6.45) is 2.26. The van der Waals surface area contributed by atoms with Crippen molar-refractivity contribution >= 4 is 11.9 Å². The molecule has 0 aliphatic heterocycles. The number of esters is 2. The van der Waals surface area contributed by atoms with Gasteiger partial charge in [-0.25, -0.2) is 0 Å². The summed E-state index contributed by atoms with van der Waals surface area (Å²) in [6, 6.07) is 3.24. The lowest BCUT2D eigenvalue weighted by molar-refractivity contribution is -0.193. The van der Waals surface area contributed by atoms with E-state index in [2.05, 4.69) is 0 Å². The van der Waals surface area contributed by atoms with Crippen molar-refractivity contribution in [3.8, 4) is 0 Å². The van der Waals surface area contributed by atoms with E-state index in [4.69, 9.17) is 13.9 Å². The molecule has 0 spiro atoms. The summed E-state index contributed by atoms with van der Waals surface area (Å²) in [4.78, 5) is 22.9. The van der Waals surface area contributed by atoms with Crippen LogP contribution < -0.4 is 0 Å². The van der Waals surface area contributed by atoms with E-state index in [0.717, 1.165) is 0 Å². The zero-order chi connectivity index (χ0) is 13.4. The summed E-state index contributed by atoms with van der Waals surface area (Å²) in [5, 5.41) is 0. The molecule has 0 unspecified atom stereocenters. The highest BCUT2D eigenvalue weighted by Gasteiger charge is 2.22. The Morgan fingerprint density at radius 2 is 1.72 bits per heavy atom. The molecule has 0 saturated heterocycles. The minimum atomic E-state index is -1.09. The van der Waals surface area contributed by atoms with Crippen molar-refractivity contribution in [2.24, 2.45) is 0 Å². The van der Waals surface area contributed by atoms with Crippen LogP contribution in [0.3, 0.4) is 0 Å². The Morgan fingerprint density at radius 3 is 2.11 bits per heavy atom. The average Bonchev–Trinajstić information content (AvgIpc) is 2.82. The van der Waals surface area contributed by atoms with E-state index in [1.165, 1.54) is 6.26 Å². The summed E-state index contributed by atoms with van der Waals surface area (Å²) in [5.41, 5.74) is 0. The van der Waals surface area contributed by atoms with Crippen molar-refractivity contribution in [1.29, 1.82) is 0 Å². The smallest absolute Gasteiger partial charge is 0.309 e. The zero-order valence-corrected chi connectivity index (χ0v) is 10.7. The van der Waals surface area contributed by atoms with Gasteiger partial charge in [0.1, 0.15) is 0 Å². The van der Waals surface area contributed by atoms with Gasteiger partial charge in [0.2, 0.25) is 0 Å². The van der Waals surface area contributed by atoms with Gasteiger partial charge in [0.15, 0.2) is 5.76 Å². The predicted octanol–water partition coefficient (Wildman–Crippen LogP) is 2.96. The summed E-state index contributed by atoms with van der Waals surface area (Å²) in [7, 11) is 0. The van der Waals surface area contributed by atoms with E-state index in [-0.39, 0.29) is 12.8 Å². The normalized spacial score (nSPS) is 10.4. The van der Waals surface area contributed by atoms with Crippen LogP contribution in [0.5, 0.6) is 0 Å². The monoisotopic (exact) mass is 254 g/mol. The molecule has 0 radical (unpaired) electrons. The predicted molar refractivity (Wildman–Crippen MR) is 63.4 cm³/mol. The van der Waals surface area contributed by atoms with E-state index < -0.39 is 18.2 Å². The molecule has 18 heavy (non-hydrogen) atoms. The highest BCUT2D eigenvalue weighted by molar-refractivity contribution is 5.71. The molecular formula is C13H18O5. The molecule has 100 valence electrons. The Balaban J connectivity index is 2.64. The second-order valence-electron chi connectivity index (χ2n) is 3.83. The molecule has 5 heteroatoms. The molecule has 5 nitrogen and oxygen atoms in total. The van der Waals surface area contributed by atoms with E-state index >= 15 is 0 Å². The highest BCUT2D eigenvalue weighted by atomic mass is 16.7. The maximum absolute atomic E-state index is 11.4. The Kier molecular flexibility index (Phi) is 5.97. The number of ether oxygens (including phenoxy) is 2. The summed E-state index contributed by atoms with van der Waals surface area (Å²) in [6.45, 7) is 3.73. The lowest BCUT2D eigenvalue weighted by Gasteiger charge is -2.16. The van der Waals surface area contributed by atoms with Crippen molar-refractivity contribution in [2.75, 3.05) is 0 Å². The van der Waals surface area contributed by atoms with Gasteiger partial charge in [-0.3, -0.25) is 9.59 Å². The Labute approximate surface area is 106 Å². The van der Waals surface area contributed by atoms with Crippen LogP contribution in [-0.2, 0) is 19.1 Å². The second-order valence-corrected chi connectivity index (χ2v) is 3.83. The lowest BCUT2D eigenvalue weighted by Crippen LogP contribution is -2.17. The quantitative estimate of drug-likeness (QED) is 0.552. The van der Waals surface area contributed by atoms with Gasteiger partial charge >= 0.3 is 18.2 Å². The standard InChI is InChI=1S/C13H18O5/c1-3-6-11(14)17-13(10-8-5-9-16-10)18-12(15)7-4-2/h5,8-9,13H,3-4,6-7H2,1-2H3. The fourth-order valence-corrected chi connectivity index (χ4v) is 1.33. The molecule has 1 aromatic heterocycles. The van der Waals surface area contributed by atoms with Gasteiger partial charge in [0.05, 0.1) is 6.26 Å². The maximum atomic E-state index is 11.4. The molecule has 1 rings (SSSR count). The van der Waals surface area contributed by atoms with Crippen molar-refractivity contribution in [3.63, 3.8) is 0 Å². The first kappa shape index (κ1) is 14.3. The van der Waals surface area contributed by atoms with Gasteiger partial charge < -0.3 is 13.9 Å². The number of rotatable bonds is 7. The van der Waals surface area contributed by atoms with Gasteiger partial charge in [0, 0.05) is 12.8 Å². The maximum Gasteiger partial charge on any atom is 0.309 e. The van der Waals surface area contributed by atoms with Gasteiger partial charge in [-0.15, -0.1) is 0 Å². The molecule has 0 fully saturated rings. The van der Waals surface area contributed by atoms with Crippen LogP contribution >= 0.6 is 0 Å². The first-order chi connectivity index (χ1) is 8.67. The fraction of sp³-hybridized carbons (Fsp3) is 0.538. The molecule has 0 aliphatic rings. The van der Waals surface area contributed by atoms with Crippen molar-refractivity contribution in [1.82, 2.24) is 0 Å². The number of hydrogen-bond acceptors (Lipinski definition) is 5. The third-order valence-electron chi connectivity index (χ3n) is 2.16. The van der Waals surface area contributed by atoms with Gasteiger partial charge in [-0.05, 0) is 25.0 Å². The van der Waals surface area contributed by atoms with Crippen LogP contribution in [0.2, 0.25) is 0 Å². The van der Waals surface area contributed by atoms with Gasteiger partial charge in [-0.1, -0.05) is 13.8 Å². The average molecular weight is 254 g/mol. The second kappa shape index (κ2) is 7.53. The van der Waals surface area contributed by atoms with E-state index in [0.29, 0.717) is 18.6 Å². The molecule has 0 amide bonds. The van der Waals surface area contributed by atoms with Crippen LogP contribution in [0.4, 0.5) is 0 Å². The van der Waals surface area contributed by atoms with Crippen LogP contribution in [0.25, 0.3) is 0 Å². The number of furan rings is 1. The minimum Gasteiger partial charge on any atom is -0.461 e. The first-order valence-electron chi connectivity index (χ1n) is 6.09. The molecule has 0 saturated carbocycles. The van der Waals surface area contributed by atoms with Crippen molar-refractivity contribution < 1.29 is 23.5 Å². The summed E-state index contributed by atoms with van der Waals surface area (Å²) >= 11 is 0. The Bertz CT molecular complexity index is 349. The molecular weight excluding hydrogens is 236 g/mol. The molecule has 0 aliphatic carbocycles. The molecule has 1 heterocycles. The highest BCUT2D eigenvalue weighted by Crippen LogP contribution is 2.21. The fourth-order valence-electron chi connectivity index (χ4n) is 1.33. The van der Waals surface area contributed by atoms with Crippen LogP contribution in [0.1, 0.15) is 51.6 Å². The molecule has 1 aromatic rings. The van der Waals surface area contributed by atoms with Gasteiger partial charge in [-0.2, -0.15) is 0 Å². The molecule has 0 N–H and O–H groups in total. The lowest BCUT2D eigenvalue weighted by atomic mass is 10.3.